The lowest BCUT2D eigenvalue weighted by Gasteiger charge is -2.22. The van der Waals surface area contributed by atoms with Crippen LogP contribution in [0.5, 0.6) is 5.75 Å². The molecule has 0 radical (unpaired) electrons. The van der Waals surface area contributed by atoms with E-state index in [4.69, 9.17) is 9.26 Å². The van der Waals surface area contributed by atoms with E-state index in [9.17, 15) is 0 Å². The van der Waals surface area contributed by atoms with E-state index in [2.05, 4.69) is 51.5 Å². The van der Waals surface area contributed by atoms with E-state index < -0.39 is 0 Å². The molecule has 3 aromatic rings. The van der Waals surface area contributed by atoms with E-state index in [1.54, 1.807) is 7.11 Å². The van der Waals surface area contributed by atoms with Gasteiger partial charge in [0.1, 0.15) is 5.75 Å². The number of rotatable bonds is 9. The number of methoxy groups -OCH3 is 1. The number of anilines is 2. The molecular weight excluding hydrogens is 328 g/mol. The van der Waals surface area contributed by atoms with Gasteiger partial charge < -0.3 is 19.5 Å². The highest BCUT2D eigenvalue weighted by atomic mass is 16.5. The third-order valence-electron chi connectivity index (χ3n) is 4.16. The molecule has 0 amide bonds. The van der Waals surface area contributed by atoms with Gasteiger partial charge in [0.25, 0.3) is 0 Å². The lowest BCUT2D eigenvalue weighted by Crippen LogP contribution is -2.25. The maximum Gasteiger partial charge on any atom is 0.321 e. The quantitative estimate of drug-likeness (QED) is 0.586. The van der Waals surface area contributed by atoms with Crippen molar-refractivity contribution in [3.8, 4) is 17.1 Å². The minimum Gasteiger partial charge on any atom is -0.497 e. The van der Waals surface area contributed by atoms with Crippen LogP contribution in [-0.2, 0) is 0 Å². The number of ether oxygens (including phenoxy) is 1. The summed E-state index contributed by atoms with van der Waals surface area (Å²) in [4.78, 5) is 6.73. The zero-order valence-electron chi connectivity index (χ0n) is 15.2. The Morgan fingerprint density at radius 3 is 2.54 bits per heavy atom. The molecule has 0 fully saturated rings. The molecule has 2 aromatic carbocycles. The summed E-state index contributed by atoms with van der Waals surface area (Å²) >= 11 is 0. The summed E-state index contributed by atoms with van der Waals surface area (Å²) in [6.45, 7) is 4.88. The van der Waals surface area contributed by atoms with E-state index in [-0.39, 0.29) is 0 Å². The Morgan fingerprint density at radius 2 is 1.85 bits per heavy atom. The standard InChI is InChI=1S/C20H24N4O2/c1-3-24(17-8-5-4-6-9-17)15-7-14-21-20-22-19(23-26-20)16-10-12-18(25-2)13-11-16/h4-6,8-13H,3,7,14-15H2,1-2H3,(H,21,22,23). The molecule has 0 aliphatic rings. The number of aromatic nitrogens is 2. The summed E-state index contributed by atoms with van der Waals surface area (Å²) in [6, 6.07) is 18.5. The van der Waals surface area contributed by atoms with Gasteiger partial charge in [-0.3, -0.25) is 0 Å². The van der Waals surface area contributed by atoms with Gasteiger partial charge >= 0.3 is 6.01 Å². The van der Waals surface area contributed by atoms with E-state index in [1.807, 2.05) is 30.3 Å². The van der Waals surface area contributed by atoms with E-state index in [1.165, 1.54) is 5.69 Å². The van der Waals surface area contributed by atoms with Gasteiger partial charge in [0.15, 0.2) is 0 Å². The first-order chi connectivity index (χ1) is 12.8. The maximum absolute atomic E-state index is 5.28. The second-order valence-corrected chi connectivity index (χ2v) is 5.85. The van der Waals surface area contributed by atoms with Crippen molar-refractivity contribution in [2.24, 2.45) is 0 Å². The molecule has 1 heterocycles. The number of nitrogens with zero attached hydrogens (tertiary/aromatic N) is 3. The lowest BCUT2D eigenvalue weighted by atomic mass is 10.2. The largest absolute Gasteiger partial charge is 0.497 e. The fourth-order valence-electron chi connectivity index (χ4n) is 2.73. The van der Waals surface area contributed by atoms with E-state index in [0.29, 0.717) is 11.8 Å². The summed E-state index contributed by atoms with van der Waals surface area (Å²) in [7, 11) is 1.64. The Hall–Kier alpha value is -3.02. The Labute approximate surface area is 153 Å². The van der Waals surface area contributed by atoms with Crippen molar-refractivity contribution in [1.29, 1.82) is 0 Å². The highest BCUT2D eigenvalue weighted by Crippen LogP contribution is 2.21. The van der Waals surface area contributed by atoms with Crippen LogP contribution in [0.3, 0.4) is 0 Å². The van der Waals surface area contributed by atoms with Crippen LogP contribution in [0.2, 0.25) is 0 Å². The first-order valence-corrected chi connectivity index (χ1v) is 8.82. The van der Waals surface area contributed by atoms with Crippen LogP contribution >= 0.6 is 0 Å². The number of hydrogen-bond acceptors (Lipinski definition) is 6. The van der Waals surface area contributed by atoms with Crippen molar-refractivity contribution in [1.82, 2.24) is 10.1 Å². The van der Waals surface area contributed by atoms with Crippen molar-refractivity contribution in [2.45, 2.75) is 13.3 Å². The topological polar surface area (TPSA) is 63.4 Å². The Balaban J connectivity index is 1.48. The maximum atomic E-state index is 5.28. The molecule has 0 saturated heterocycles. The van der Waals surface area contributed by atoms with Gasteiger partial charge in [-0.1, -0.05) is 23.4 Å². The molecule has 0 aliphatic heterocycles. The Morgan fingerprint density at radius 1 is 1.08 bits per heavy atom. The van der Waals surface area contributed by atoms with Gasteiger partial charge in [0.05, 0.1) is 7.11 Å². The minimum absolute atomic E-state index is 0.443. The van der Waals surface area contributed by atoms with Crippen molar-refractivity contribution in [3.05, 3.63) is 54.6 Å². The summed E-state index contributed by atoms with van der Waals surface area (Å²) in [5.74, 6) is 1.36. The zero-order valence-corrected chi connectivity index (χ0v) is 15.2. The van der Waals surface area contributed by atoms with Crippen LogP contribution < -0.4 is 15.0 Å². The number of hydrogen-bond donors (Lipinski definition) is 1. The molecule has 26 heavy (non-hydrogen) atoms. The Bertz CT molecular complexity index is 787. The summed E-state index contributed by atoms with van der Waals surface area (Å²) < 4.78 is 10.4. The molecule has 1 N–H and O–H groups in total. The van der Waals surface area contributed by atoms with Gasteiger partial charge in [0, 0.05) is 30.9 Å². The van der Waals surface area contributed by atoms with Crippen LogP contribution in [0, 0.1) is 0 Å². The summed E-state index contributed by atoms with van der Waals surface area (Å²) in [5, 5.41) is 7.22. The van der Waals surface area contributed by atoms with Gasteiger partial charge in [0.2, 0.25) is 5.82 Å². The molecular formula is C20H24N4O2. The fraction of sp³-hybridized carbons (Fsp3) is 0.300. The molecule has 0 spiro atoms. The smallest absolute Gasteiger partial charge is 0.321 e. The van der Waals surface area contributed by atoms with Crippen molar-refractivity contribution in [3.63, 3.8) is 0 Å². The summed E-state index contributed by atoms with van der Waals surface area (Å²) in [5.41, 5.74) is 2.14. The first kappa shape index (κ1) is 17.8. The third-order valence-corrected chi connectivity index (χ3v) is 4.16. The molecule has 136 valence electrons. The Kier molecular flexibility index (Phi) is 6.09. The predicted octanol–water partition coefficient (Wildman–Crippen LogP) is 4.07. The molecule has 6 heteroatoms. The van der Waals surface area contributed by atoms with E-state index >= 15 is 0 Å². The van der Waals surface area contributed by atoms with E-state index in [0.717, 1.165) is 37.4 Å². The van der Waals surface area contributed by atoms with Crippen molar-refractivity contribution >= 4 is 11.7 Å². The number of nitrogens with one attached hydrogen (secondary N) is 1. The van der Waals surface area contributed by atoms with Crippen LogP contribution in [0.25, 0.3) is 11.4 Å². The molecule has 0 aliphatic carbocycles. The molecule has 6 nitrogen and oxygen atoms in total. The normalized spacial score (nSPS) is 10.5. The van der Waals surface area contributed by atoms with Crippen LogP contribution in [0.1, 0.15) is 13.3 Å². The molecule has 0 unspecified atom stereocenters. The zero-order chi connectivity index (χ0) is 18.2. The lowest BCUT2D eigenvalue weighted by molar-refractivity contribution is 0.414. The highest BCUT2D eigenvalue weighted by Gasteiger charge is 2.09. The minimum atomic E-state index is 0.443. The average molecular weight is 352 g/mol. The molecule has 0 atom stereocenters. The number of para-hydroxylation sites is 1. The van der Waals surface area contributed by atoms with Gasteiger partial charge in [-0.25, -0.2) is 0 Å². The average Bonchev–Trinajstić information content (AvgIpc) is 3.18. The SMILES string of the molecule is CCN(CCCNc1nc(-c2ccc(OC)cc2)no1)c1ccccc1. The molecule has 0 bridgehead atoms. The number of benzene rings is 2. The van der Waals surface area contributed by atoms with Crippen LogP contribution in [0.15, 0.2) is 59.1 Å². The highest BCUT2D eigenvalue weighted by molar-refractivity contribution is 5.56. The molecule has 3 rings (SSSR count). The molecule has 1 aromatic heterocycles. The second-order valence-electron chi connectivity index (χ2n) is 5.85. The van der Waals surface area contributed by atoms with Gasteiger partial charge in [-0.05, 0) is 49.7 Å². The fourth-order valence-corrected chi connectivity index (χ4v) is 2.73. The van der Waals surface area contributed by atoms with Crippen molar-refractivity contribution < 1.29 is 9.26 Å². The van der Waals surface area contributed by atoms with Crippen LogP contribution in [0.4, 0.5) is 11.7 Å². The third kappa shape index (κ3) is 4.53. The molecule has 0 saturated carbocycles. The summed E-state index contributed by atoms with van der Waals surface area (Å²) in [6.07, 6.45) is 0.975. The van der Waals surface area contributed by atoms with Crippen LogP contribution in [-0.4, -0.2) is 36.9 Å². The predicted molar refractivity (Wildman–Crippen MR) is 104 cm³/mol. The van der Waals surface area contributed by atoms with Gasteiger partial charge in [-0.2, -0.15) is 4.98 Å². The second kappa shape index (κ2) is 8.89. The monoisotopic (exact) mass is 352 g/mol. The van der Waals surface area contributed by atoms with Gasteiger partial charge in [-0.15, -0.1) is 0 Å². The van der Waals surface area contributed by atoms with Crippen molar-refractivity contribution in [2.75, 3.05) is 37.0 Å². The first-order valence-electron chi connectivity index (χ1n) is 8.82.